The van der Waals surface area contributed by atoms with Gasteiger partial charge in [-0.25, -0.2) is 8.42 Å². The molecule has 0 aliphatic rings. The van der Waals surface area contributed by atoms with Gasteiger partial charge in [-0.2, -0.15) is 0 Å². The smallest absolute Gasteiger partial charge is 0.255 e. The molecule has 0 spiro atoms. The molecule has 2 aromatic carbocycles. The quantitative estimate of drug-likeness (QED) is 0.834. The van der Waals surface area contributed by atoms with Crippen LogP contribution >= 0.6 is 0 Å². The third-order valence-electron chi connectivity index (χ3n) is 3.09. The van der Waals surface area contributed by atoms with Crippen molar-refractivity contribution in [1.29, 1.82) is 0 Å². The SMILES string of the molecule is COc1ccc(NC(=O)c2ccc(NS(C)(=O)=O)cc2)cc1OC. The lowest BCUT2D eigenvalue weighted by Crippen LogP contribution is -2.13. The first-order valence-electron chi connectivity index (χ1n) is 6.93. The van der Waals surface area contributed by atoms with E-state index in [-0.39, 0.29) is 5.91 Å². The Hall–Kier alpha value is -2.74. The molecule has 1 amide bonds. The summed E-state index contributed by atoms with van der Waals surface area (Å²) < 4.78 is 35.0. The molecule has 0 bridgehead atoms. The van der Waals surface area contributed by atoms with Gasteiger partial charge in [0.1, 0.15) is 0 Å². The van der Waals surface area contributed by atoms with E-state index in [9.17, 15) is 13.2 Å². The van der Waals surface area contributed by atoms with Crippen LogP contribution in [-0.2, 0) is 10.0 Å². The Labute approximate surface area is 140 Å². The van der Waals surface area contributed by atoms with Crippen molar-refractivity contribution in [2.24, 2.45) is 0 Å². The van der Waals surface area contributed by atoms with E-state index in [1.165, 1.54) is 38.5 Å². The lowest BCUT2D eigenvalue weighted by Gasteiger charge is -2.11. The average Bonchev–Trinajstić information content (AvgIpc) is 2.53. The maximum absolute atomic E-state index is 12.2. The normalized spacial score (nSPS) is 10.8. The summed E-state index contributed by atoms with van der Waals surface area (Å²) in [7, 11) is -0.309. The van der Waals surface area contributed by atoms with Gasteiger partial charge in [0.2, 0.25) is 10.0 Å². The van der Waals surface area contributed by atoms with Crippen molar-refractivity contribution in [2.75, 3.05) is 30.5 Å². The van der Waals surface area contributed by atoms with E-state index in [1.54, 1.807) is 18.2 Å². The number of nitrogens with one attached hydrogen (secondary N) is 2. The van der Waals surface area contributed by atoms with E-state index < -0.39 is 10.0 Å². The number of hydrogen-bond donors (Lipinski definition) is 2. The number of methoxy groups -OCH3 is 2. The van der Waals surface area contributed by atoms with Gasteiger partial charge < -0.3 is 14.8 Å². The summed E-state index contributed by atoms with van der Waals surface area (Å²) >= 11 is 0. The van der Waals surface area contributed by atoms with Crippen molar-refractivity contribution < 1.29 is 22.7 Å². The molecule has 24 heavy (non-hydrogen) atoms. The van der Waals surface area contributed by atoms with Crippen LogP contribution < -0.4 is 19.5 Å². The zero-order valence-corrected chi connectivity index (χ0v) is 14.3. The molecule has 2 aromatic rings. The Morgan fingerprint density at radius 3 is 2.04 bits per heavy atom. The van der Waals surface area contributed by atoms with Crippen molar-refractivity contribution in [3.05, 3.63) is 48.0 Å². The molecular weight excluding hydrogens is 332 g/mol. The summed E-state index contributed by atoms with van der Waals surface area (Å²) in [6.07, 6.45) is 1.06. The second kappa shape index (κ2) is 7.22. The highest BCUT2D eigenvalue weighted by molar-refractivity contribution is 7.92. The van der Waals surface area contributed by atoms with Crippen LogP contribution in [0.25, 0.3) is 0 Å². The molecule has 128 valence electrons. The van der Waals surface area contributed by atoms with Crippen molar-refractivity contribution in [3.8, 4) is 11.5 Å². The van der Waals surface area contributed by atoms with Crippen LogP contribution in [0.1, 0.15) is 10.4 Å². The first-order chi connectivity index (χ1) is 11.3. The number of carbonyl (C=O) groups is 1. The highest BCUT2D eigenvalue weighted by Crippen LogP contribution is 2.29. The lowest BCUT2D eigenvalue weighted by atomic mass is 10.2. The predicted molar refractivity (Wildman–Crippen MR) is 92.4 cm³/mol. The molecule has 0 unspecified atom stereocenters. The molecular formula is C16H18N2O5S. The van der Waals surface area contributed by atoms with Crippen molar-refractivity contribution in [1.82, 2.24) is 0 Å². The summed E-state index contributed by atoms with van der Waals surface area (Å²) in [6, 6.07) is 11.1. The molecule has 2 N–H and O–H groups in total. The number of benzene rings is 2. The van der Waals surface area contributed by atoms with Crippen LogP contribution in [0.3, 0.4) is 0 Å². The molecule has 0 aliphatic carbocycles. The van der Waals surface area contributed by atoms with E-state index in [4.69, 9.17) is 9.47 Å². The monoisotopic (exact) mass is 350 g/mol. The molecule has 0 heterocycles. The molecule has 0 saturated heterocycles. The third kappa shape index (κ3) is 4.63. The Balaban J connectivity index is 2.12. The van der Waals surface area contributed by atoms with Gasteiger partial charge in [0.05, 0.1) is 20.5 Å². The minimum absolute atomic E-state index is 0.326. The molecule has 7 nitrogen and oxygen atoms in total. The van der Waals surface area contributed by atoms with Gasteiger partial charge >= 0.3 is 0 Å². The zero-order valence-electron chi connectivity index (χ0n) is 13.5. The molecule has 0 fully saturated rings. The minimum atomic E-state index is -3.35. The van der Waals surface area contributed by atoms with Gasteiger partial charge in [0, 0.05) is 23.0 Å². The Kier molecular flexibility index (Phi) is 5.30. The molecule has 0 saturated carbocycles. The van der Waals surface area contributed by atoms with E-state index in [1.807, 2.05) is 0 Å². The Morgan fingerprint density at radius 1 is 0.917 bits per heavy atom. The molecule has 0 atom stereocenters. The van der Waals surface area contributed by atoms with Gasteiger partial charge in [-0.05, 0) is 36.4 Å². The second-order valence-corrected chi connectivity index (χ2v) is 6.72. The van der Waals surface area contributed by atoms with Gasteiger partial charge in [0.25, 0.3) is 5.91 Å². The predicted octanol–water partition coefficient (Wildman–Crippen LogP) is 2.33. The largest absolute Gasteiger partial charge is 0.493 e. The third-order valence-corrected chi connectivity index (χ3v) is 3.70. The summed E-state index contributed by atoms with van der Waals surface area (Å²) in [6.45, 7) is 0. The summed E-state index contributed by atoms with van der Waals surface area (Å²) in [5, 5.41) is 2.74. The lowest BCUT2D eigenvalue weighted by molar-refractivity contribution is 0.102. The first-order valence-corrected chi connectivity index (χ1v) is 8.83. The highest BCUT2D eigenvalue weighted by Gasteiger charge is 2.10. The van der Waals surface area contributed by atoms with Crippen LogP contribution in [-0.4, -0.2) is 34.8 Å². The van der Waals surface area contributed by atoms with Crippen LogP contribution in [0.2, 0.25) is 0 Å². The van der Waals surface area contributed by atoms with Crippen LogP contribution in [0, 0.1) is 0 Å². The van der Waals surface area contributed by atoms with Crippen LogP contribution in [0.5, 0.6) is 11.5 Å². The number of sulfonamides is 1. The number of ether oxygens (including phenoxy) is 2. The molecule has 2 rings (SSSR count). The molecule has 8 heteroatoms. The summed E-state index contributed by atoms with van der Waals surface area (Å²) in [5.41, 5.74) is 1.33. The van der Waals surface area contributed by atoms with E-state index in [2.05, 4.69) is 10.0 Å². The maximum atomic E-state index is 12.2. The fourth-order valence-corrected chi connectivity index (χ4v) is 2.59. The second-order valence-electron chi connectivity index (χ2n) is 4.98. The minimum Gasteiger partial charge on any atom is -0.493 e. The number of rotatable bonds is 6. The molecule has 0 radical (unpaired) electrons. The first kappa shape index (κ1) is 17.6. The topological polar surface area (TPSA) is 93.7 Å². The highest BCUT2D eigenvalue weighted by atomic mass is 32.2. The van der Waals surface area contributed by atoms with Crippen molar-refractivity contribution >= 4 is 27.3 Å². The standard InChI is InChI=1S/C16H18N2O5S/c1-22-14-9-8-13(10-15(14)23-2)17-16(19)11-4-6-12(7-5-11)18-24(3,20)21/h4-10,18H,1-3H3,(H,17,19). The number of hydrogen-bond acceptors (Lipinski definition) is 5. The van der Waals surface area contributed by atoms with Crippen LogP contribution in [0.15, 0.2) is 42.5 Å². The number of amides is 1. The summed E-state index contributed by atoms with van der Waals surface area (Å²) in [5.74, 6) is 0.739. The van der Waals surface area contributed by atoms with Crippen LogP contribution in [0.4, 0.5) is 11.4 Å². The Morgan fingerprint density at radius 2 is 1.50 bits per heavy atom. The molecule has 0 aromatic heterocycles. The number of anilines is 2. The van der Waals surface area contributed by atoms with Gasteiger partial charge in [-0.15, -0.1) is 0 Å². The van der Waals surface area contributed by atoms with Crippen molar-refractivity contribution in [2.45, 2.75) is 0 Å². The van der Waals surface area contributed by atoms with E-state index in [0.29, 0.717) is 28.4 Å². The van der Waals surface area contributed by atoms with Gasteiger partial charge in [-0.3, -0.25) is 9.52 Å². The fraction of sp³-hybridized carbons (Fsp3) is 0.188. The average molecular weight is 350 g/mol. The zero-order chi connectivity index (χ0) is 17.7. The number of carbonyl (C=O) groups excluding carboxylic acids is 1. The van der Waals surface area contributed by atoms with Crippen molar-refractivity contribution in [3.63, 3.8) is 0 Å². The summed E-state index contributed by atoms with van der Waals surface area (Å²) in [4.78, 5) is 12.2. The van der Waals surface area contributed by atoms with E-state index >= 15 is 0 Å². The maximum Gasteiger partial charge on any atom is 0.255 e. The Bertz CT molecular complexity index is 832. The van der Waals surface area contributed by atoms with Gasteiger partial charge in [0.15, 0.2) is 11.5 Å². The fourth-order valence-electron chi connectivity index (χ4n) is 2.02. The van der Waals surface area contributed by atoms with E-state index in [0.717, 1.165) is 6.26 Å². The molecule has 0 aliphatic heterocycles. The van der Waals surface area contributed by atoms with Gasteiger partial charge in [-0.1, -0.05) is 0 Å².